The van der Waals surface area contributed by atoms with Crippen LogP contribution < -0.4 is 0 Å². The molecule has 92 valence electrons. The molecule has 3 nitrogen and oxygen atoms in total. The first kappa shape index (κ1) is 15.1. The Morgan fingerprint density at radius 2 is 1.67 bits per heavy atom. The highest BCUT2D eigenvalue weighted by Gasteiger charge is 2.24. The van der Waals surface area contributed by atoms with Gasteiger partial charge < -0.3 is 13.6 Å². The van der Waals surface area contributed by atoms with Crippen LogP contribution in [0, 0.1) is 0 Å². The summed E-state index contributed by atoms with van der Waals surface area (Å²) in [6, 6.07) is 0.924. The van der Waals surface area contributed by atoms with E-state index in [0.29, 0.717) is 0 Å². The second-order valence-corrected chi connectivity index (χ2v) is 6.67. The Balaban J connectivity index is 4.13. The van der Waals surface area contributed by atoms with Crippen LogP contribution in [0.15, 0.2) is 0 Å². The van der Waals surface area contributed by atoms with Crippen molar-refractivity contribution >= 4 is 9.28 Å². The van der Waals surface area contributed by atoms with Gasteiger partial charge in [0.2, 0.25) is 0 Å². The van der Waals surface area contributed by atoms with E-state index >= 15 is 0 Å². The van der Waals surface area contributed by atoms with E-state index in [2.05, 4.69) is 27.7 Å². The van der Waals surface area contributed by atoms with Crippen molar-refractivity contribution in [2.45, 2.75) is 58.3 Å². The van der Waals surface area contributed by atoms with Crippen molar-refractivity contribution in [3.8, 4) is 0 Å². The highest BCUT2D eigenvalue weighted by molar-refractivity contribution is 6.44. The minimum Gasteiger partial charge on any atom is -0.400 e. The van der Waals surface area contributed by atoms with Crippen molar-refractivity contribution in [1.82, 2.24) is 0 Å². The Morgan fingerprint density at radius 1 is 1.13 bits per heavy atom. The zero-order valence-corrected chi connectivity index (χ0v) is 12.2. The van der Waals surface area contributed by atoms with Gasteiger partial charge in [-0.05, 0) is 26.7 Å². The van der Waals surface area contributed by atoms with Crippen LogP contribution in [0.4, 0.5) is 0 Å². The van der Waals surface area contributed by atoms with E-state index in [9.17, 15) is 0 Å². The molecule has 0 amide bonds. The Kier molecular flexibility index (Phi) is 7.43. The average Bonchev–Trinajstić information content (AvgIpc) is 2.24. The van der Waals surface area contributed by atoms with E-state index in [1.54, 1.807) is 14.2 Å². The van der Waals surface area contributed by atoms with Crippen molar-refractivity contribution in [2.75, 3.05) is 14.2 Å². The van der Waals surface area contributed by atoms with Crippen LogP contribution in [-0.4, -0.2) is 35.2 Å². The summed E-state index contributed by atoms with van der Waals surface area (Å²) in [7, 11) is 1.95. The van der Waals surface area contributed by atoms with Gasteiger partial charge in [-0.25, -0.2) is 0 Å². The molecule has 0 spiro atoms. The topological polar surface area (TPSA) is 27.7 Å². The number of hydrogen-bond acceptors (Lipinski definition) is 3. The molecule has 0 saturated heterocycles. The number of rotatable bonds is 8. The van der Waals surface area contributed by atoms with Gasteiger partial charge in [0.05, 0.1) is 11.7 Å². The fraction of sp³-hybridized carbons (Fsp3) is 1.00. The maximum atomic E-state index is 6.05. The summed E-state index contributed by atoms with van der Waals surface area (Å²) in [6.07, 6.45) is 2.30. The summed E-state index contributed by atoms with van der Waals surface area (Å²) in [5, 5.41) is 0. The normalized spacial score (nSPS) is 14.6. The zero-order valence-electron chi connectivity index (χ0n) is 11.0. The summed E-state index contributed by atoms with van der Waals surface area (Å²) < 4.78 is 16.7. The van der Waals surface area contributed by atoms with Gasteiger partial charge in [0.1, 0.15) is 0 Å². The Labute approximate surface area is 96.0 Å². The van der Waals surface area contributed by atoms with E-state index in [1.807, 2.05) is 0 Å². The van der Waals surface area contributed by atoms with Crippen LogP contribution >= 0.6 is 0 Å². The fourth-order valence-electron chi connectivity index (χ4n) is 1.34. The lowest BCUT2D eigenvalue weighted by Crippen LogP contribution is -2.34. The van der Waals surface area contributed by atoms with Crippen LogP contribution in [0.1, 0.15) is 40.5 Å². The first-order chi connectivity index (χ1) is 6.99. The SMILES string of the molecule is CCC(C[SiH](OC)OC)OC(C)(C)CC. The third-order valence-corrected chi connectivity index (χ3v) is 4.74. The van der Waals surface area contributed by atoms with Gasteiger partial charge in [-0.15, -0.1) is 0 Å². The van der Waals surface area contributed by atoms with Crippen LogP contribution in [0.2, 0.25) is 6.04 Å². The summed E-state index contributed by atoms with van der Waals surface area (Å²) >= 11 is 0. The molecule has 0 heterocycles. The van der Waals surface area contributed by atoms with E-state index in [4.69, 9.17) is 13.6 Å². The standard InChI is InChI=1S/C11H26O3Si/c1-7-10(9-15(12-5)13-6)14-11(3,4)8-2/h10,15H,7-9H2,1-6H3. The van der Waals surface area contributed by atoms with Crippen LogP contribution in [0.5, 0.6) is 0 Å². The van der Waals surface area contributed by atoms with E-state index in [1.165, 1.54) is 0 Å². The van der Waals surface area contributed by atoms with Gasteiger partial charge in [-0.1, -0.05) is 13.8 Å². The fourth-order valence-corrected chi connectivity index (χ4v) is 2.77. The molecular formula is C11H26O3Si. The summed E-state index contributed by atoms with van der Waals surface area (Å²) in [5.74, 6) is 0. The zero-order chi connectivity index (χ0) is 11.9. The van der Waals surface area contributed by atoms with Crippen molar-refractivity contribution in [1.29, 1.82) is 0 Å². The average molecular weight is 234 g/mol. The minimum absolute atomic E-state index is 0.0406. The van der Waals surface area contributed by atoms with Gasteiger partial charge in [0, 0.05) is 20.3 Å². The van der Waals surface area contributed by atoms with Gasteiger partial charge >= 0.3 is 9.28 Å². The molecule has 0 fully saturated rings. The van der Waals surface area contributed by atoms with Crippen molar-refractivity contribution in [3.63, 3.8) is 0 Å². The smallest absolute Gasteiger partial charge is 0.323 e. The molecule has 1 atom stereocenters. The maximum absolute atomic E-state index is 6.05. The van der Waals surface area contributed by atoms with Gasteiger partial charge in [-0.2, -0.15) is 0 Å². The Hall–Kier alpha value is 0.0969. The van der Waals surface area contributed by atoms with Gasteiger partial charge in [-0.3, -0.25) is 0 Å². The predicted molar refractivity (Wildman–Crippen MR) is 65.5 cm³/mol. The molecule has 0 N–H and O–H groups in total. The quantitative estimate of drug-likeness (QED) is 0.604. The first-order valence-corrected chi connectivity index (χ1v) is 7.48. The molecule has 15 heavy (non-hydrogen) atoms. The highest BCUT2D eigenvalue weighted by atomic mass is 28.3. The number of ether oxygens (including phenoxy) is 1. The van der Waals surface area contributed by atoms with Gasteiger partial charge in [0.25, 0.3) is 0 Å². The lowest BCUT2D eigenvalue weighted by atomic mass is 10.1. The van der Waals surface area contributed by atoms with Gasteiger partial charge in [0.15, 0.2) is 0 Å². The van der Waals surface area contributed by atoms with Crippen molar-refractivity contribution < 1.29 is 13.6 Å². The minimum atomic E-state index is -1.49. The van der Waals surface area contributed by atoms with Crippen molar-refractivity contribution in [3.05, 3.63) is 0 Å². The molecule has 0 bridgehead atoms. The largest absolute Gasteiger partial charge is 0.400 e. The molecule has 1 unspecified atom stereocenters. The molecule has 0 aliphatic heterocycles. The lowest BCUT2D eigenvalue weighted by molar-refractivity contribution is -0.0686. The van der Waals surface area contributed by atoms with E-state index < -0.39 is 9.28 Å². The Bertz CT molecular complexity index is 158. The summed E-state index contributed by atoms with van der Waals surface area (Å²) in [6.45, 7) is 8.55. The molecule has 0 radical (unpaired) electrons. The molecule has 0 aliphatic carbocycles. The second kappa shape index (κ2) is 7.38. The summed E-state index contributed by atoms with van der Waals surface area (Å²) in [5.41, 5.74) is -0.0406. The third-order valence-electron chi connectivity index (χ3n) is 2.77. The molecule has 0 aliphatic rings. The molecule has 0 aromatic heterocycles. The third kappa shape index (κ3) is 6.30. The van der Waals surface area contributed by atoms with E-state index in [-0.39, 0.29) is 11.7 Å². The summed E-state index contributed by atoms with van der Waals surface area (Å²) in [4.78, 5) is 0. The van der Waals surface area contributed by atoms with Crippen LogP contribution in [0.25, 0.3) is 0 Å². The maximum Gasteiger partial charge on any atom is 0.323 e. The molecule has 0 aromatic carbocycles. The highest BCUT2D eigenvalue weighted by Crippen LogP contribution is 2.21. The van der Waals surface area contributed by atoms with E-state index in [0.717, 1.165) is 18.9 Å². The number of hydrogen-bond donors (Lipinski definition) is 0. The van der Waals surface area contributed by atoms with Crippen LogP contribution in [0.3, 0.4) is 0 Å². The molecule has 0 aromatic rings. The first-order valence-electron chi connectivity index (χ1n) is 5.72. The molecular weight excluding hydrogens is 208 g/mol. The lowest BCUT2D eigenvalue weighted by Gasteiger charge is -2.30. The second-order valence-electron chi connectivity index (χ2n) is 4.40. The molecule has 0 rings (SSSR count). The van der Waals surface area contributed by atoms with Crippen molar-refractivity contribution in [2.24, 2.45) is 0 Å². The monoisotopic (exact) mass is 234 g/mol. The Morgan fingerprint density at radius 3 is 2.00 bits per heavy atom. The predicted octanol–water partition coefficient (Wildman–Crippen LogP) is 2.48. The van der Waals surface area contributed by atoms with Crippen LogP contribution in [-0.2, 0) is 13.6 Å². The molecule has 4 heteroatoms. The molecule has 0 saturated carbocycles.